The van der Waals surface area contributed by atoms with Gasteiger partial charge in [0.1, 0.15) is 18.1 Å². The van der Waals surface area contributed by atoms with Crippen LogP contribution in [0.15, 0.2) is 47.8 Å². The quantitative estimate of drug-likeness (QED) is 0.0590. The summed E-state index contributed by atoms with van der Waals surface area (Å²) in [7, 11) is 0. The van der Waals surface area contributed by atoms with Crippen molar-refractivity contribution in [2.24, 2.45) is 22.2 Å². The lowest BCUT2D eigenvalue weighted by molar-refractivity contribution is -0.142. The molecule has 4 unspecified atom stereocenters. The third-order valence-electron chi connectivity index (χ3n) is 5.62. The highest BCUT2D eigenvalue weighted by Gasteiger charge is 2.30. The minimum absolute atomic E-state index is 0.0871. The number of carbonyl (C=O) groups is 4. The lowest BCUT2D eigenvalue weighted by atomic mass is 10.0. The average molecular weight is 546 g/mol. The molecule has 0 aliphatic heterocycles. The van der Waals surface area contributed by atoms with Crippen molar-refractivity contribution in [3.8, 4) is 0 Å². The predicted molar refractivity (Wildman–Crippen MR) is 141 cm³/mol. The Morgan fingerprint density at radius 1 is 0.949 bits per heavy atom. The molecule has 212 valence electrons. The fourth-order valence-electron chi connectivity index (χ4n) is 3.57. The van der Waals surface area contributed by atoms with E-state index in [9.17, 15) is 29.4 Å². The molecule has 0 aliphatic carbocycles. The zero-order valence-corrected chi connectivity index (χ0v) is 21.2. The highest BCUT2D eigenvalue weighted by atomic mass is 16.4. The molecule has 1 aromatic carbocycles. The van der Waals surface area contributed by atoms with Gasteiger partial charge in [-0.05, 0) is 24.8 Å². The van der Waals surface area contributed by atoms with Crippen molar-refractivity contribution in [2.75, 3.05) is 13.2 Å². The van der Waals surface area contributed by atoms with Crippen LogP contribution in [0.3, 0.4) is 0 Å². The second-order valence-corrected chi connectivity index (χ2v) is 8.73. The van der Waals surface area contributed by atoms with E-state index in [1.54, 1.807) is 0 Å². The number of aliphatic hydroxyl groups excluding tert-OH is 1. The zero-order valence-electron chi connectivity index (χ0n) is 21.2. The molecule has 4 atom stereocenters. The molecule has 1 heterocycles. The number of rotatable bonds is 16. The molecule has 0 saturated carbocycles. The Balaban J connectivity index is 2.06. The molecule has 2 aromatic rings. The Bertz CT molecular complexity index is 1110. The van der Waals surface area contributed by atoms with E-state index in [0.29, 0.717) is 12.1 Å². The number of aliphatic hydroxyl groups is 1. The lowest BCUT2D eigenvalue weighted by Crippen LogP contribution is -2.58. The highest BCUT2D eigenvalue weighted by molar-refractivity contribution is 5.94. The maximum absolute atomic E-state index is 13.1. The van der Waals surface area contributed by atoms with Gasteiger partial charge in [0.05, 0.1) is 19.0 Å². The number of benzene rings is 1. The monoisotopic (exact) mass is 545 g/mol. The van der Waals surface area contributed by atoms with Crippen molar-refractivity contribution >= 4 is 29.7 Å². The Kier molecular flexibility index (Phi) is 12.4. The van der Waals surface area contributed by atoms with Crippen LogP contribution in [0.1, 0.15) is 24.1 Å². The van der Waals surface area contributed by atoms with Crippen LogP contribution in [0.25, 0.3) is 0 Å². The van der Waals surface area contributed by atoms with Crippen LogP contribution in [-0.4, -0.2) is 87.2 Å². The first-order valence-corrected chi connectivity index (χ1v) is 12.2. The van der Waals surface area contributed by atoms with Gasteiger partial charge in [0.15, 0.2) is 5.96 Å². The molecule has 3 amide bonds. The maximum Gasteiger partial charge on any atom is 0.326 e. The Labute approximate surface area is 224 Å². The minimum atomic E-state index is -1.49. The number of nitrogens with zero attached hydrogens (tertiary/aromatic N) is 2. The first-order chi connectivity index (χ1) is 18.6. The van der Waals surface area contributed by atoms with Crippen molar-refractivity contribution in [3.05, 3.63) is 54.1 Å². The zero-order chi connectivity index (χ0) is 28.8. The topological polar surface area (TPSA) is 264 Å². The summed E-state index contributed by atoms with van der Waals surface area (Å²) in [5.74, 6) is -3.77. The van der Waals surface area contributed by atoms with Crippen LogP contribution in [-0.2, 0) is 32.0 Å². The second kappa shape index (κ2) is 15.7. The standard InChI is InChI=1S/C24H35N9O6/c25-16(9-14-5-2-1-3-6-14)20(35)31-17(7-4-8-29-24(26)27)21(36)33-19(12-34)22(37)32-18(23(38)39)10-15-11-28-13-30-15/h1-3,5-6,11,13,16-19,34H,4,7-10,12,25H2,(H,28,30)(H,31,35)(H,32,37)(H,33,36)(H,38,39)(H4,26,27,29). The molecule has 0 saturated heterocycles. The van der Waals surface area contributed by atoms with E-state index < -0.39 is 54.5 Å². The number of aliphatic carboxylic acids is 1. The number of aromatic amines is 1. The van der Waals surface area contributed by atoms with E-state index in [4.69, 9.17) is 17.2 Å². The molecule has 12 N–H and O–H groups in total. The maximum atomic E-state index is 13.1. The smallest absolute Gasteiger partial charge is 0.326 e. The first-order valence-electron chi connectivity index (χ1n) is 12.2. The van der Waals surface area contributed by atoms with Crippen molar-refractivity contribution in [1.29, 1.82) is 0 Å². The average Bonchev–Trinajstić information content (AvgIpc) is 3.41. The number of nitrogens with one attached hydrogen (secondary N) is 4. The van der Waals surface area contributed by atoms with E-state index in [1.807, 2.05) is 30.3 Å². The van der Waals surface area contributed by atoms with Crippen molar-refractivity contribution in [1.82, 2.24) is 25.9 Å². The fourth-order valence-corrected chi connectivity index (χ4v) is 3.57. The number of guanidine groups is 1. The van der Waals surface area contributed by atoms with Gasteiger partial charge in [0.2, 0.25) is 17.7 Å². The van der Waals surface area contributed by atoms with E-state index in [0.717, 1.165) is 5.56 Å². The van der Waals surface area contributed by atoms with E-state index in [-0.39, 0.29) is 31.8 Å². The van der Waals surface area contributed by atoms with Gasteiger partial charge < -0.3 is 48.3 Å². The number of imidazole rings is 1. The Morgan fingerprint density at radius 2 is 1.59 bits per heavy atom. The summed E-state index contributed by atoms with van der Waals surface area (Å²) in [5, 5.41) is 26.5. The van der Waals surface area contributed by atoms with Gasteiger partial charge in [-0.25, -0.2) is 9.78 Å². The molecular weight excluding hydrogens is 510 g/mol. The summed E-state index contributed by atoms with van der Waals surface area (Å²) in [6, 6.07) is 4.13. The second-order valence-electron chi connectivity index (χ2n) is 8.73. The van der Waals surface area contributed by atoms with E-state index in [1.165, 1.54) is 12.5 Å². The molecular formula is C24H35N9O6. The molecule has 15 nitrogen and oxygen atoms in total. The van der Waals surface area contributed by atoms with Gasteiger partial charge in [-0.15, -0.1) is 0 Å². The predicted octanol–water partition coefficient (Wildman–Crippen LogP) is -2.89. The summed E-state index contributed by atoms with van der Waals surface area (Å²) >= 11 is 0. The summed E-state index contributed by atoms with van der Waals surface area (Å²) < 4.78 is 0. The molecule has 0 bridgehead atoms. The molecule has 0 radical (unpaired) electrons. The number of carbonyl (C=O) groups excluding carboxylic acids is 3. The number of hydrogen-bond acceptors (Lipinski definition) is 8. The number of H-pyrrole nitrogens is 1. The number of hydrogen-bond donors (Lipinski definition) is 9. The molecule has 0 spiro atoms. The van der Waals surface area contributed by atoms with Crippen molar-refractivity contribution in [3.63, 3.8) is 0 Å². The Hall–Kier alpha value is -4.50. The third-order valence-corrected chi connectivity index (χ3v) is 5.62. The number of carboxylic acid groups (broad SMARTS) is 1. The number of aliphatic imine (C=N–C) groups is 1. The number of nitrogens with two attached hydrogens (primary N) is 3. The van der Waals surface area contributed by atoms with Gasteiger partial charge in [-0.3, -0.25) is 19.4 Å². The minimum Gasteiger partial charge on any atom is -0.480 e. The normalized spacial score (nSPS) is 13.8. The highest BCUT2D eigenvalue weighted by Crippen LogP contribution is 2.05. The van der Waals surface area contributed by atoms with E-state index in [2.05, 4.69) is 30.9 Å². The SMILES string of the molecule is NC(N)=NCCCC(NC(=O)C(N)Cc1ccccc1)C(=O)NC(CO)C(=O)NC(Cc1cnc[nH]1)C(=O)O. The molecule has 15 heteroatoms. The first kappa shape index (κ1) is 30.7. The molecule has 2 rings (SSSR count). The van der Waals surface area contributed by atoms with Crippen molar-refractivity contribution in [2.45, 2.75) is 49.9 Å². The molecule has 39 heavy (non-hydrogen) atoms. The number of amides is 3. The van der Waals surface area contributed by atoms with Crippen LogP contribution in [0.4, 0.5) is 0 Å². The molecule has 0 aliphatic rings. The largest absolute Gasteiger partial charge is 0.480 e. The lowest BCUT2D eigenvalue weighted by Gasteiger charge is -2.24. The van der Waals surface area contributed by atoms with Crippen LogP contribution in [0.2, 0.25) is 0 Å². The van der Waals surface area contributed by atoms with Gasteiger partial charge in [-0.2, -0.15) is 0 Å². The fraction of sp³-hybridized carbons (Fsp3) is 0.417. The molecule has 0 fully saturated rings. The summed E-state index contributed by atoms with van der Waals surface area (Å²) in [5.41, 5.74) is 18.0. The summed E-state index contributed by atoms with van der Waals surface area (Å²) in [6.07, 6.45) is 3.28. The third kappa shape index (κ3) is 10.8. The van der Waals surface area contributed by atoms with Gasteiger partial charge in [0.25, 0.3) is 0 Å². The van der Waals surface area contributed by atoms with Gasteiger partial charge in [-0.1, -0.05) is 30.3 Å². The summed E-state index contributed by atoms with van der Waals surface area (Å²) in [4.78, 5) is 60.6. The van der Waals surface area contributed by atoms with Gasteiger partial charge >= 0.3 is 5.97 Å². The molecule has 1 aromatic heterocycles. The van der Waals surface area contributed by atoms with Crippen LogP contribution in [0.5, 0.6) is 0 Å². The number of aromatic nitrogens is 2. The van der Waals surface area contributed by atoms with E-state index >= 15 is 0 Å². The van der Waals surface area contributed by atoms with Crippen LogP contribution in [0, 0.1) is 0 Å². The van der Waals surface area contributed by atoms with Crippen LogP contribution < -0.4 is 33.2 Å². The Morgan fingerprint density at radius 3 is 2.18 bits per heavy atom. The number of carboxylic acids is 1. The summed E-state index contributed by atoms with van der Waals surface area (Å²) in [6.45, 7) is -0.647. The van der Waals surface area contributed by atoms with Crippen molar-refractivity contribution < 1.29 is 29.4 Å². The van der Waals surface area contributed by atoms with Crippen LogP contribution >= 0.6 is 0 Å². The van der Waals surface area contributed by atoms with Gasteiger partial charge in [0, 0.05) is 24.9 Å².